The molecule has 0 aliphatic rings. The molecule has 4 nitrogen and oxygen atoms in total. The monoisotopic (exact) mass is 330 g/mol. The quantitative estimate of drug-likeness (QED) is 0.586. The van der Waals surface area contributed by atoms with E-state index in [2.05, 4.69) is 11.6 Å². The number of rotatable bonds is 7. The van der Waals surface area contributed by atoms with E-state index in [0.29, 0.717) is 17.8 Å². The Bertz CT molecular complexity index is 564. The van der Waals surface area contributed by atoms with Crippen molar-refractivity contribution in [2.24, 2.45) is 5.41 Å². The van der Waals surface area contributed by atoms with Gasteiger partial charge in [-0.05, 0) is 42.2 Å². The van der Waals surface area contributed by atoms with Gasteiger partial charge < -0.3 is 5.73 Å². The number of anilines is 2. The van der Waals surface area contributed by atoms with Crippen LogP contribution >= 0.6 is 11.8 Å². The van der Waals surface area contributed by atoms with E-state index in [0.717, 1.165) is 17.1 Å². The Hall–Kier alpha value is -0.880. The van der Waals surface area contributed by atoms with Crippen LogP contribution in [-0.2, 0) is 10.0 Å². The predicted octanol–water partition coefficient (Wildman–Crippen LogP) is 3.95. The summed E-state index contributed by atoms with van der Waals surface area (Å²) in [4.78, 5) is 1.03. The summed E-state index contributed by atoms with van der Waals surface area (Å²) in [5.74, 6) is 1.10. The molecule has 1 aromatic rings. The molecule has 0 saturated carbocycles. The molecule has 120 valence electrons. The minimum atomic E-state index is -3.37. The van der Waals surface area contributed by atoms with Gasteiger partial charge in [0, 0.05) is 4.90 Å². The van der Waals surface area contributed by atoms with Crippen LogP contribution in [0.1, 0.15) is 40.5 Å². The molecule has 0 unspecified atom stereocenters. The van der Waals surface area contributed by atoms with E-state index in [9.17, 15) is 8.42 Å². The Morgan fingerprint density at radius 1 is 1.29 bits per heavy atom. The van der Waals surface area contributed by atoms with Crippen molar-refractivity contribution in [2.45, 2.75) is 45.4 Å². The van der Waals surface area contributed by atoms with Gasteiger partial charge in [-0.3, -0.25) is 4.72 Å². The summed E-state index contributed by atoms with van der Waals surface area (Å²) < 4.78 is 26.9. The van der Waals surface area contributed by atoms with Crippen molar-refractivity contribution in [3.05, 3.63) is 18.2 Å². The van der Waals surface area contributed by atoms with Gasteiger partial charge in [-0.25, -0.2) is 8.42 Å². The second-order valence-electron chi connectivity index (χ2n) is 6.33. The molecule has 1 rings (SSSR count). The van der Waals surface area contributed by atoms with Gasteiger partial charge in [-0.2, -0.15) is 0 Å². The zero-order valence-corrected chi connectivity index (χ0v) is 14.9. The lowest BCUT2D eigenvalue weighted by Crippen LogP contribution is -2.21. The van der Waals surface area contributed by atoms with Crippen LogP contribution in [0.3, 0.4) is 0 Å². The molecule has 0 aliphatic heterocycles. The summed E-state index contributed by atoms with van der Waals surface area (Å²) in [6, 6.07) is 5.48. The highest BCUT2D eigenvalue weighted by atomic mass is 32.2. The number of sulfonamides is 1. The Labute approximate surface area is 132 Å². The topological polar surface area (TPSA) is 72.2 Å². The van der Waals surface area contributed by atoms with Crippen LogP contribution < -0.4 is 10.5 Å². The predicted molar refractivity (Wildman–Crippen MR) is 93.4 cm³/mol. The third-order valence-electron chi connectivity index (χ3n) is 2.88. The van der Waals surface area contributed by atoms with Gasteiger partial charge in [0.05, 0.1) is 17.1 Å². The fourth-order valence-corrected chi connectivity index (χ4v) is 3.89. The van der Waals surface area contributed by atoms with Crippen LogP contribution in [-0.4, -0.2) is 19.9 Å². The normalized spacial score (nSPS) is 12.4. The lowest BCUT2D eigenvalue weighted by atomic mass is 9.94. The zero-order chi connectivity index (χ0) is 16.1. The maximum Gasteiger partial charge on any atom is 0.232 e. The van der Waals surface area contributed by atoms with Gasteiger partial charge in [0.25, 0.3) is 0 Å². The van der Waals surface area contributed by atoms with Gasteiger partial charge in [0.2, 0.25) is 10.0 Å². The van der Waals surface area contributed by atoms with Crippen LogP contribution in [0.25, 0.3) is 0 Å². The molecule has 6 heteroatoms. The molecule has 0 amide bonds. The summed E-state index contributed by atoms with van der Waals surface area (Å²) in [6.45, 7) is 8.19. The van der Waals surface area contributed by atoms with Gasteiger partial charge in [0.1, 0.15) is 0 Å². The summed E-state index contributed by atoms with van der Waals surface area (Å²) in [7, 11) is -3.37. The summed E-state index contributed by atoms with van der Waals surface area (Å²) in [5.41, 5.74) is 6.79. The van der Waals surface area contributed by atoms with Crippen LogP contribution in [0.4, 0.5) is 11.4 Å². The van der Waals surface area contributed by atoms with Gasteiger partial charge in [0.15, 0.2) is 0 Å². The van der Waals surface area contributed by atoms with Crippen molar-refractivity contribution in [3.8, 4) is 0 Å². The molecular weight excluding hydrogens is 304 g/mol. The van der Waals surface area contributed by atoms with E-state index in [1.165, 1.54) is 0 Å². The average molecular weight is 331 g/mol. The molecule has 0 radical (unpaired) electrons. The van der Waals surface area contributed by atoms with Crippen LogP contribution in [0.2, 0.25) is 0 Å². The molecule has 0 atom stereocenters. The fourth-order valence-electron chi connectivity index (χ4n) is 1.59. The van der Waals surface area contributed by atoms with Crippen molar-refractivity contribution in [1.82, 2.24) is 0 Å². The number of nitrogens with one attached hydrogen (secondary N) is 1. The fraction of sp³-hybridized carbons (Fsp3) is 0.600. The van der Waals surface area contributed by atoms with E-state index in [1.807, 2.05) is 32.9 Å². The molecular formula is C15H26N2O2S2. The van der Waals surface area contributed by atoms with E-state index >= 15 is 0 Å². The number of nitrogens with two attached hydrogens (primary N) is 1. The van der Waals surface area contributed by atoms with Gasteiger partial charge in [-0.1, -0.05) is 27.7 Å². The first-order chi connectivity index (χ1) is 9.63. The SMILES string of the molecule is CCCSc1ccc(N)c(NS(=O)(=O)CCC(C)(C)C)c1. The van der Waals surface area contributed by atoms with Crippen molar-refractivity contribution in [3.63, 3.8) is 0 Å². The molecule has 21 heavy (non-hydrogen) atoms. The minimum Gasteiger partial charge on any atom is -0.397 e. The summed E-state index contributed by atoms with van der Waals surface area (Å²) in [5, 5.41) is 0. The van der Waals surface area contributed by atoms with Crippen molar-refractivity contribution in [2.75, 3.05) is 22.0 Å². The van der Waals surface area contributed by atoms with Crippen LogP contribution in [0.15, 0.2) is 23.1 Å². The molecule has 0 bridgehead atoms. The first-order valence-electron chi connectivity index (χ1n) is 7.16. The molecule has 0 spiro atoms. The molecule has 0 aliphatic carbocycles. The van der Waals surface area contributed by atoms with Crippen LogP contribution in [0, 0.1) is 5.41 Å². The number of hydrogen-bond donors (Lipinski definition) is 2. The Kier molecular flexibility index (Phi) is 6.41. The van der Waals surface area contributed by atoms with Crippen molar-refractivity contribution < 1.29 is 8.42 Å². The maximum absolute atomic E-state index is 12.2. The van der Waals surface area contributed by atoms with Gasteiger partial charge in [-0.15, -0.1) is 11.8 Å². The number of thioether (sulfide) groups is 1. The first kappa shape index (κ1) is 18.2. The molecule has 0 heterocycles. The lowest BCUT2D eigenvalue weighted by molar-refractivity contribution is 0.397. The Balaban J connectivity index is 2.81. The molecule has 1 aromatic carbocycles. The van der Waals surface area contributed by atoms with E-state index in [-0.39, 0.29) is 11.2 Å². The number of benzene rings is 1. The molecule has 0 fully saturated rings. The van der Waals surface area contributed by atoms with E-state index in [4.69, 9.17) is 5.73 Å². The smallest absolute Gasteiger partial charge is 0.232 e. The minimum absolute atomic E-state index is 0.0148. The van der Waals surface area contributed by atoms with E-state index < -0.39 is 10.0 Å². The van der Waals surface area contributed by atoms with Crippen molar-refractivity contribution in [1.29, 1.82) is 0 Å². The highest BCUT2D eigenvalue weighted by molar-refractivity contribution is 7.99. The second-order valence-corrected chi connectivity index (χ2v) is 9.34. The zero-order valence-electron chi connectivity index (χ0n) is 13.3. The molecule has 3 N–H and O–H groups in total. The summed E-state index contributed by atoms with van der Waals surface area (Å²) in [6.07, 6.45) is 1.67. The number of hydrogen-bond acceptors (Lipinski definition) is 4. The Morgan fingerprint density at radius 3 is 2.52 bits per heavy atom. The third-order valence-corrected chi connectivity index (χ3v) is 5.36. The lowest BCUT2D eigenvalue weighted by Gasteiger charge is -2.18. The van der Waals surface area contributed by atoms with Gasteiger partial charge >= 0.3 is 0 Å². The molecule has 0 aromatic heterocycles. The first-order valence-corrected chi connectivity index (χ1v) is 9.79. The van der Waals surface area contributed by atoms with Crippen LogP contribution in [0.5, 0.6) is 0 Å². The van der Waals surface area contributed by atoms with E-state index in [1.54, 1.807) is 17.8 Å². The number of nitrogen functional groups attached to an aromatic ring is 1. The molecule has 0 saturated heterocycles. The van der Waals surface area contributed by atoms with Crippen molar-refractivity contribution >= 4 is 33.2 Å². The third kappa shape index (κ3) is 7.09. The Morgan fingerprint density at radius 2 is 1.95 bits per heavy atom. The summed E-state index contributed by atoms with van der Waals surface area (Å²) >= 11 is 1.70. The standard InChI is InChI=1S/C15H26N2O2S2/c1-5-9-20-12-6-7-13(16)14(11-12)17-21(18,19)10-8-15(2,3)4/h6-7,11,17H,5,8-10,16H2,1-4H3. The average Bonchev–Trinajstić information content (AvgIpc) is 2.36. The highest BCUT2D eigenvalue weighted by Crippen LogP contribution is 2.28. The largest absolute Gasteiger partial charge is 0.397 e. The second kappa shape index (κ2) is 7.40. The highest BCUT2D eigenvalue weighted by Gasteiger charge is 2.18. The maximum atomic E-state index is 12.2.